The van der Waals surface area contributed by atoms with Crippen LogP contribution in [0.4, 0.5) is 5.69 Å². The number of carbonyl (C=O) groups is 1. The van der Waals surface area contributed by atoms with Crippen LogP contribution in [0, 0.1) is 0 Å². The van der Waals surface area contributed by atoms with Crippen molar-refractivity contribution in [1.82, 2.24) is 0 Å². The number of ether oxygens (including phenoxy) is 1. The van der Waals surface area contributed by atoms with Crippen LogP contribution >= 0.6 is 0 Å². The van der Waals surface area contributed by atoms with Gasteiger partial charge < -0.3 is 14.7 Å². The molecule has 0 bridgehead atoms. The zero-order valence-electron chi connectivity index (χ0n) is 9.80. The van der Waals surface area contributed by atoms with E-state index < -0.39 is 5.97 Å². The fourth-order valence-electron chi connectivity index (χ4n) is 1.55. The zero-order chi connectivity index (χ0) is 12.1. The standard InChI is InChI=1S/C12H17NO3/c1-9(8-12(14)15)13(2)10-6-4-5-7-11(10)16-3/h4-7,9H,8H2,1-3H3,(H,14,15). The Bertz CT molecular complexity index is 365. The average molecular weight is 223 g/mol. The number of hydrogen-bond donors (Lipinski definition) is 1. The van der Waals surface area contributed by atoms with Gasteiger partial charge in [-0.2, -0.15) is 0 Å². The SMILES string of the molecule is COc1ccccc1N(C)C(C)CC(=O)O. The van der Waals surface area contributed by atoms with Gasteiger partial charge in [0.1, 0.15) is 5.75 Å². The van der Waals surface area contributed by atoms with Crippen LogP contribution in [0.1, 0.15) is 13.3 Å². The Kier molecular flexibility index (Phi) is 4.17. The minimum absolute atomic E-state index is 0.0752. The van der Waals surface area contributed by atoms with Crippen molar-refractivity contribution in [2.75, 3.05) is 19.1 Å². The molecule has 0 saturated carbocycles. The third kappa shape index (κ3) is 2.89. The number of benzene rings is 1. The summed E-state index contributed by atoms with van der Waals surface area (Å²) in [6.45, 7) is 1.88. The predicted octanol–water partition coefficient (Wildman–Crippen LogP) is 1.99. The molecule has 1 rings (SSSR count). The van der Waals surface area contributed by atoms with Crippen LogP contribution in [-0.2, 0) is 4.79 Å². The molecule has 16 heavy (non-hydrogen) atoms. The van der Waals surface area contributed by atoms with Gasteiger partial charge in [-0.05, 0) is 19.1 Å². The Balaban J connectivity index is 2.86. The van der Waals surface area contributed by atoms with E-state index in [1.54, 1.807) is 7.11 Å². The molecule has 4 heteroatoms. The van der Waals surface area contributed by atoms with Gasteiger partial charge in [0.15, 0.2) is 0 Å². The number of carboxylic acid groups (broad SMARTS) is 1. The molecule has 0 aliphatic heterocycles. The molecule has 0 aliphatic rings. The number of methoxy groups -OCH3 is 1. The lowest BCUT2D eigenvalue weighted by molar-refractivity contribution is -0.137. The normalized spacial score (nSPS) is 11.9. The van der Waals surface area contributed by atoms with Crippen molar-refractivity contribution in [2.24, 2.45) is 0 Å². The fraction of sp³-hybridized carbons (Fsp3) is 0.417. The molecule has 0 amide bonds. The number of nitrogens with zero attached hydrogens (tertiary/aromatic N) is 1. The number of aliphatic carboxylic acids is 1. The van der Waals surface area contributed by atoms with Gasteiger partial charge >= 0.3 is 5.97 Å². The molecule has 4 nitrogen and oxygen atoms in total. The van der Waals surface area contributed by atoms with E-state index in [4.69, 9.17) is 9.84 Å². The van der Waals surface area contributed by atoms with E-state index >= 15 is 0 Å². The van der Waals surface area contributed by atoms with Gasteiger partial charge in [-0.3, -0.25) is 4.79 Å². The van der Waals surface area contributed by atoms with Crippen LogP contribution in [0.5, 0.6) is 5.75 Å². The predicted molar refractivity (Wildman–Crippen MR) is 63.1 cm³/mol. The summed E-state index contributed by atoms with van der Waals surface area (Å²) in [5, 5.41) is 8.75. The second-order valence-electron chi connectivity index (χ2n) is 3.73. The van der Waals surface area contributed by atoms with E-state index in [1.165, 1.54) is 0 Å². The van der Waals surface area contributed by atoms with Gasteiger partial charge in [0, 0.05) is 13.1 Å². The quantitative estimate of drug-likeness (QED) is 0.829. The smallest absolute Gasteiger partial charge is 0.305 e. The fourth-order valence-corrected chi connectivity index (χ4v) is 1.55. The molecular weight excluding hydrogens is 206 g/mol. The molecule has 0 saturated heterocycles. The first-order valence-corrected chi connectivity index (χ1v) is 5.14. The first-order valence-electron chi connectivity index (χ1n) is 5.14. The maximum Gasteiger partial charge on any atom is 0.305 e. The van der Waals surface area contributed by atoms with Gasteiger partial charge in [0.05, 0.1) is 19.2 Å². The minimum atomic E-state index is -0.797. The van der Waals surface area contributed by atoms with Crippen molar-refractivity contribution >= 4 is 11.7 Å². The third-order valence-corrected chi connectivity index (χ3v) is 2.60. The lowest BCUT2D eigenvalue weighted by Crippen LogP contribution is -2.31. The molecule has 0 spiro atoms. The number of hydrogen-bond acceptors (Lipinski definition) is 3. The molecule has 1 N–H and O–H groups in total. The van der Waals surface area contributed by atoms with Gasteiger partial charge in [-0.25, -0.2) is 0 Å². The van der Waals surface area contributed by atoms with Crippen LogP contribution in [-0.4, -0.2) is 31.3 Å². The van der Waals surface area contributed by atoms with Crippen LogP contribution in [0.15, 0.2) is 24.3 Å². The summed E-state index contributed by atoms with van der Waals surface area (Å²) in [5.41, 5.74) is 0.902. The summed E-state index contributed by atoms with van der Waals surface area (Å²) in [4.78, 5) is 12.6. The van der Waals surface area contributed by atoms with E-state index in [1.807, 2.05) is 43.1 Å². The van der Waals surface area contributed by atoms with E-state index in [2.05, 4.69) is 0 Å². The zero-order valence-corrected chi connectivity index (χ0v) is 9.80. The van der Waals surface area contributed by atoms with Crippen molar-refractivity contribution in [3.63, 3.8) is 0 Å². The molecule has 0 aromatic heterocycles. The van der Waals surface area contributed by atoms with Crippen LogP contribution in [0.2, 0.25) is 0 Å². The van der Waals surface area contributed by atoms with Crippen LogP contribution in [0.3, 0.4) is 0 Å². The van der Waals surface area contributed by atoms with Crippen LogP contribution in [0.25, 0.3) is 0 Å². The highest BCUT2D eigenvalue weighted by molar-refractivity contribution is 5.69. The number of para-hydroxylation sites is 2. The number of carboxylic acids is 1. The molecule has 1 aromatic rings. The van der Waals surface area contributed by atoms with E-state index in [0.29, 0.717) is 0 Å². The Labute approximate surface area is 95.5 Å². The summed E-state index contributed by atoms with van der Waals surface area (Å²) in [7, 11) is 3.47. The minimum Gasteiger partial charge on any atom is -0.495 e. The highest BCUT2D eigenvalue weighted by atomic mass is 16.5. The lowest BCUT2D eigenvalue weighted by atomic mass is 10.2. The van der Waals surface area contributed by atoms with Crippen molar-refractivity contribution < 1.29 is 14.6 Å². The molecule has 1 atom stereocenters. The molecule has 1 unspecified atom stereocenters. The third-order valence-electron chi connectivity index (χ3n) is 2.60. The van der Waals surface area contributed by atoms with Gasteiger partial charge in [-0.1, -0.05) is 12.1 Å². The number of rotatable bonds is 5. The maximum atomic E-state index is 10.6. The van der Waals surface area contributed by atoms with Gasteiger partial charge in [0.25, 0.3) is 0 Å². The van der Waals surface area contributed by atoms with Crippen molar-refractivity contribution in [2.45, 2.75) is 19.4 Å². The molecule has 0 aliphatic carbocycles. The number of anilines is 1. The summed E-state index contributed by atoms with van der Waals surface area (Å²) in [5.74, 6) is -0.0449. The van der Waals surface area contributed by atoms with E-state index in [9.17, 15) is 4.79 Å². The van der Waals surface area contributed by atoms with Crippen molar-refractivity contribution in [3.05, 3.63) is 24.3 Å². The molecule has 1 aromatic carbocycles. The Morgan fingerprint density at radius 3 is 2.69 bits per heavy atom. The molecule has 0 radical (unpaired) electrons. The summed E-state index contributed by atoms with van der Waals surface area (Å²) in [6, 6.07) is 7.49. The topological polar surface area (TPSA) is 49.8 Å². The maximum absolute atomic E-state index is 10.6. The average Bonchev–Trinajstić information content (AvgIpc) is 2.27. The molecule has 0 heterocycles. The Morgan fingerprint density at radius 1 is 1.50 bits per heavy atom. The molecular formula is C12H17NO3. The second kappa shape index (κ2) is 5.39. The summed E-state index contributed by atoms with van der Waals surface area (Å²) < 4.78 is 5.23. The van der Waals surface area contributed by atoms with E-state index in [0.717, 1.165) is 11.4 Å². The van der Waals surface area contributed by atoms with Gasteiger partial charge in [0.2, 0.25) is 0 Å². The Morgan fingerprint density at radius 2 is 2.12 bits per heavy atom. The summed E-state index contributed by atoms with van der Waals surface area (Å²) >= 11 is 0. The Hall–Kier alpha value is -1.71. The van der Waals surface area contributed by atoms with Crippen LogP contribution < -0.4 is 9.64 Å². The van der Waals surface area contributed by atoms with Crippen molar-refractivity contribution in [1.29, 1.82) is 0 Å². The van der Waals surface area contributed by atoms with E-state index in [-0.39, 0.29) is 12.5 Å². The molecule has 88 valence electrons. The summed E-state index contributed by atoms with van der Waals surface area (Å²) in [6.07, 6.45) is 0.106. The lowest BCUT2D eigenvalue weighted by Gasteiger charge is -2.27. The first kappa shape index (κ1) is 12.4. The molecule has 0 fully saturated rings. The first-order chi connectivity index (χ1) is 7.56. The van der Waals surface area contributed by atoms with Crippen molar-refractivity contribution in [3.8, 4) is 5.75 Å². The highest BCUT2D eigenvalue weighted by Gasteiger charge is 2.16. The van der Waals surface area contributed by atoms with Gasteiger partial charge in [-0.15, -0.1) is 0 Å². The second-order valence-corrected chi connectivity index (χ2v) is 3.73. The highest BCUT2D eigenvalue weighted by Crippen LogP contribution is 2.28. The largest absolute Gasteiger partial charge is 0.495 e. The monoisotopic (exact) mass is 223 g/mol.